The molecule has 0 bridgehead atoms. The fraction of sp³-hybridized carbons (Fsp3) is 0.250. The molecular formula is C20H18ClFN4O2. The van der Waals surface area contributed by atoms with Crippen molar-refractivity contribution in [2.24, 2.45) is 0 Å². The zero-order valence-electron chi connectivity index (χ0n) is 15.0. The number of halogens is 2. The summed E-state index contributed by atoms with van der Waals surface area (Å²) in [6.07, 6.45) is 0. The molecule has 1 fully saturated rings. The average molecular weight is 401 g/mol. The van der Waals surface area contributed by atoms with Gasteiger partial charge in [0.2, 0.25) is 5.91 Å². The Labute approximate surface area is 167 Å². The number of amides is 2. The minimum absolute atomic E-state index is 0.0615. The van der Waals surface area contributed by atoms with Gasteiger partial charge in [-0.25, -0.2) is 4.39 Å². The van der Waals surface area contributed by atoms with Crippen molar-refractivity contribution in [1.29, 1.82) is 5.26 Å². The minimum atomic E-state index is -0.532. The van der Waals surface area contributed by atoms with Gasteiger partial charge < -0.3 is 10.2 Å². The quantitative estimate of drug-likeness (QED) is 0.856. The van der Waals surface area contributed by atoms with Crippen molar-refractivity contribution in [3.8, 4) is 6.07 Å². The Hall–Kier alpha value is -2.95. The highest BCUT2D eigenvalue weighted by Crippen LogP contribution is 2.20. The van der Waals surface area contributed by atoms with Crippen LogP contribution >= 0.6 is 11.6 Å². The molecule has 0 aliphatic carbocycles. The average Bonchev–Trinajstić information content (AvgIpc) is 2.68. The van der Waals surface area contributed by atoms with E-state index < -0.39 is 5.82 Å². The van der Waals surface area contributed by atoms with Crippen LogP contribution in [0, 0.1) is 17.1 Å². The van der Waals surface area contributed by atoms with Gasteiger partial charge in [-0.3, -0.25) is 14.5 Å². The largest absolute Gasteiger partial charge is 0.336 e. The van der Waals surface area contributed by atoms with E-state index in [9.17, 15) is 14.0 Å². The van der Waals surface area contributed by atoms with Crippen LogP contribution in [0.4, 0.5) is 10.1 Å². The lowest BCUT2D eigenvalue weighted by molar-refractivity contribution is -0.117. The molecule has 0 atom stereocenters. The van der Waals surface area contributed by atoms with Crippen molar-refractivity contribution in [2.75, 3.05) is 38.0 Å². The van der Waals surface area contributed by atoms with Gasteiger partial charge in [0.25, 0.3) is 5.91 Å². The van der Waals surface area contributed by atoms with Crippen LogP contribution in [0.5, 0.6) is 0 Å². The second kappa shape index (κ2) is 8.83. The number of nitriles is 1. The Kier molecular flexibility index (Phi) is 6.24. The number of rotatable bonds is 4. The van der Waals surface area contributed by atoms with Crippen molar-refractivity contribution in [2.45, 2.75) is 0 Å². The molecule has 1 saturated heterocycles. The maximum absolute atomic E-state index is 13.8. The first-order valence-electron chi connectivity index (χ1n) is 8.73. The number of nitrogens with one attached hydrogen (secondary N) is 1. The van der Waals surface area contributed by atoms with Crippen LogP contribution < -0.4 is 5.32 Å². The van der Waals surface area contributed by atoms with Crippen LogP contribution in [0.3, 0.4) is 0 Å². The van der Waals surface area contributed by atoms with E-state index >= 15 is 0 Å². The maximum atomic E-state index is 13.8. The van der Waals surface area contributed by atoms with E-state index in [0.29, 0.717) is 37.4 Å². The Morgan fingerprint density at radius 3 is 2.50 bits per heavy atom. The lowest BCUT2D eigenvalue weighted by atomic mass is 10.1. The van der Waals surface area contributed by atoms with Gasteiger partial charge in [0.1, 0.15) is 11.9 Å². The number of carbonyl (C=O) groups is 2. The molecule has 28 heavy (non-hydrogen) atoms. The predicted molar refractivity (Wildman–Crippen MR) is 104 cm³/mol. The Balaban J connectivity index is 1.51. The molecule has 2 amide bonds. The summed E-state index contributed by atoms with van der Waals surface area (Å²) in [6.45, 7) is 2.04. The number of benzene rings is 2. The van der Waals surface area contributed by atoms with Crippen molar-refractivity contribution in [3.05, 3.63) is 64.4 Å². The lowest BCUT2D eigenvalue weighted by Gasteiger charge is -2.34. The van der Waals surface area contributed by atoms with E-state index in [2.05, 4.69) is 5.32 Å². The first kappa shape index (κ1) is 19.8. The van der Waals surface area contributed by atoms with Crippen LogP contribution in [-0.2, 0) is 4.79 Å². The molecule has 2 aromatic rings. The smallest absolute Gasteiger partial charge is 0.256 e. The third-order valence-corrected chi connectivity index (χ3v) is 4.82. The summed E-state index contributed by atoms with van der Waals surface area (Å²) in [4.78, 5) is 28.2. The van der Waals surface area contributed by atoms with Crippen LogP contribution in [0.1, 0.15) is 15.9 Å². The monoisotopic (exact) mass is 400 g/mol. The fourth-order valence-corrected chi connectivity index (χ4v) is 3.22. The van der Waals surface area contributed by atoms with Gasteiger partial charge >= 0.3 is 0 Å². The molecule has 1 aliphatic rings. The maximum Gasteiger partial charge on any atom is 0.256 e. The third kappa shape index (κ3) is 4.66. The number of hydrogen-bond donors (Lipinski definition) is 1. The van der Waals surface area contributed by atoms with E-state index in [-0.39, 0.29) is 28.9 Å². The van der Waals surface area contributed by atoms with E-state index in [1.807, 2.05) is 11.0 Å². The summed E-state index contributed by atoms with van der Waals surface area (Å²) < 4.78 is 13.8. The number of nitrogens with zero attached hydrogens (tertiary/aromatic N) is 3. The van der Waals surface area contributed by atoms with E-state index in [4.69, 9.17) is 16.9 Å². The molecule has 1 aliphatic heterocycles. The molecule has 0 spiro atoms. The van der Waals surface area contributed by atoms with Crippen molar-refractivity contribution < 1.29 is 14.0 Å². The zero-order valence-corrected chi connectivity index (χ0v) is 15.7. The SMILES string of the molecule is N#Cc1ccc(NC(=O)CN2CCN(C(=O)c3ccccc3F)CC2)cc1Cl. The number of hydrogen-bond acceptors (Lipinski definition) is 4. The fourth-order valence-electron chi connectivity index (χ4n) is 3.00. The molecule has 2 aromatic carbocycles. The van der Waals surface area contributed by atoms with Crippen molar-refractivity contribution in [3.63, 3.8) is 0 Å². The second-order valence-electron chi connectivity index (χ2n) is 6.40. The van der Waals surface area contributed by atoms with E-state index in [1.54, 1.807) is 29.2 Å². The Morgan fingerprint density at radius 2 is 1.86 bits per heavy atom. The first-order chi connectivity index (χ1) is 13.5. The molecule has 6 nitrogen and oxygen atoms in total. The topological polar surface area (TPSA) is 76.4 Å². The van der Waals surface area contributed by atoms with Gasteiger partial charge in [0, 0.05) is 31.9 Å². The second-order valence-corrected chi connectivity index (χ2v) is 6.81. The molecule has 8 heteroatoms. The van der Waals surface area contributed by atoms with Gasteiger partial charge in [0.15, 0.2) is 0 Å². The number of carbonyl (C=O) groups excluding carboxylic acids is 2. The van der Waals surface area contributed by atoms with Crippen molar-refractivity contribution >= 4 is 29.1 Å². The Morgan fingerprint density at radius 1 is 1.14 bits per heavy atom. The molecule has 0 aromatic heterocycles. The highest BCUT2D eigenvalue weighted by Gasteiger charge is 2.24. The van der Waals surface area contributed by atoms with Gasteiger partial charge in [-0.15, -0.1) is 0 Å². The molecule has 0 unspecified atom stereocenters. The van der Waals surface area contributed by atoms with Gasteiger partial charge in [-0.05, 0) is 30.3 Å². The summed E-state index contributed by atoms with van der Waals surface area (Å²) in [6, 6.07) is 12.6. The number of anilines is 1. The lowest BCUT2D eigenvalue weighted by Crippen LogP contribution is -2.50. The molecular weight excluding hydrogens is 383 g/mol. The van der Waals surface area contributed by atoms with Crippen LogP contribution in [0.25, 0.3) is 0 Å². The van der Waals surface area contributed by atoms with Crippen LogP contribution in [0.15, 0.2) is 42.5 Å². The van der Waals surface area contributed by atoms with Crippen LogP contribution in [-0.4, -0.2) is 54.3 Å². The summed E-state index contributed by atoms with van der Waals surface area (Å²) in [5, 5.41) is 11.9. The van der Waals surface area contributed by atoms with Gasteiger partial charge in [0.05, 0.1) is 22.7 Å². The van der Waals surface area contributed by atoms with Gasteiger partial charge in [-0.1, -0.05) is 23.7 Å². The van der Waals surface area contributed by atoms with Crippen molar-refractivity contribution in [1.82, 2.24) is 9.80 Å². The highest BCUT2D eigenvalue weighted by atomic mass is 35.5. The van der Waals surface area contributed by atoms with E-state index in [0.717, 1.165) is 0 Å². The molecule has 3 rings (SSSR count). The normalized spacial score (nSPS) is 14.4. The molecule has 0 saturated carbocycles. The molecule has 0 radical (unpaired) electrons. The first-order valence-corrected chi connectivity index (χ1v) is 9.11. The molecule has 144 valence electrons. The predicted octanol–water partition coefficient (Wildman–Crippen LogP) is 2.75. The third-order valence-electron chi connectivity index (χ3n) is 4.50. The summed E-state index contributed by atoms with van der Waals surface area (Å²) in [7, 11) is 0. The summed E-state index contributed by atoms with van der Waals surface area (Å²) >= 11 is 5.96. The highest BCUT2D eigenvalue weighted by molar-refractivity contribution is 6.32. The standard InChI is InChI=1S/C20H18ClFN4O2/c21-17-11-15(6-5-14(17)12-23)24-19(27)13-25-7-9-26(10-8-25)20(28)16-3-1-2-4-18(16)22/h1-6,11H,7-10,13H2,(H,24,27). The summed E-state index contributed by atoms with van der Waals surface area (Å²) in [5.41, 5.74) is 0.920. The Bertz CT molecular complexity index is 936. The number of piperazine rings is 1. The minimum Gasteiger partial charge on any atom is -0.336 e. The molecule has 1 N–H and O–H groups in total. The van der Waals surface area contributed by atoms with Crippen LogP contribution in [0.2, 0.25) is 5.02 Å². The van der Waals surface area contributed by atoms with Gasteiger partial charge in [-0.2, -0.15) is 5.26 Å². The summed E-state index contributed by atoms with van der Waals surface area (Å²) in [5.74, 6) is -1.08. The molecule has 1 heterocycles. The zero-order chi connectivity index (χ0) is 20.1. The van der Waals surface area contributed by atoms with E-state index in [1.165, 1.54) is 18.2 Å².